The van der Waals surface area contributed by atoms with Crippen molar-refractivity contribution in [3.63, 3.8) is 0 Å². The van der Waals surface area contributed by atoms with E-state index in [9.17, 15) is 14.0 Å². The van der Waals surface area contributed by atoms with E-state index in [1.165, 1.54) is 18.2 Å². The van der Waals surface area contributed by atoms with Gasteiger partial charge in [0.1, 0.15) is 5.82 Å². The van der Waals surface area contributed by atoms with Crippen LogP contribution in [0.2, 0.25) is 5.02 Å². The number of nitrogens with zero attached hydrogens (tertiary/aromatic N) is 1. The second-order valence-electron chi connectivity index (χ2n) is 8.67. The Bertz CT molecular complexity index is 991. The van der Waals surface area contributed by atoms with Crippen LogP contribution in [0.1, 0.15) is 47.2 Å². The number of amides is 2. The molecule has 2 amide bonds. The standard InChI is InChI=1S/C23H22ClFN2O2/c24-21-18(6-3-7-19(21)25)22(29)27-13-16-5-2-1-4-15(16)8-17(27)9-20(28)26-23-10-14(11-23)12-23/h1-7,14,17H,8-13H2,(H,26,28)/t14?,17-,23?/m1/s1. The smallest absolute Gasteiger partial charge is 0.256 e. The van der Waals surface area contributed by atoms with Crippen molar-refractivity contribution >= 4 is 23.4 Å². The van der Waals surface area contributed by atoms with Crippen LogP contribution in [-0.4, -0.2) is 28.3 Å². The van der Waals surface area contributed by atoms with Crippen molar-refractivity contribution in [1.29, 1.82) is 0 Å². The van der Waals surface area contributed by atoms with E-state index in [-0.39, 0.29) is 40.4 Å². The van der Waals surface area contributed by atoms with Crippen molar-refractivity contribution in [3.05, 3.63) is 70.0 Å². The Morgan fingerprint density at radius 3 is 2.52 bits per heavy atom. The quantitative estimate of drug-likeness (QED) is 0.821. The van der Waals surface area contributed by atoms with Gasteiger partial charge in [-0.1, -0.05) is 41.9 Å². The largest absolute Gasteiger partial charge is 0.351 e. The van der Waals surface area contributed by atoms with E-state index >= 15 is 0 Å². The summed E-state index contributed by atoms with van der Waals surface area (Å²) in [6.07, 6.45) is 4.06. The maximum atomic E-state index is 13.9. The van der Waals surface area contributed by atoms with Gasteiger partial charge in [0, 0.05) is 24.5 Å². The summed E-state index contributed by atoms with van der Waals surface area (Å²) in [6, 6.07) is 11.9. The molecule has 1 aliphatic heterocycles. The van der Waals surface area contributed by atoms with Crippen LogP contribution in [0.3, 0.4) is 0 Å². The first-order chi connectivity index (χ1) is 13.9. The number of carbonyl (C=O) groups is 2. The van der Waals surface area contributed by atoms with Crippen molar-refractivity contribution < 1.29 is 14.0 Å². The minimum atomic E-state index is -0.618. The van der Waals surface area contributed by atoms with Gasteiger partial charge in [0.05, 0.1) is 10.6 Å². The molecule has 0 saturated heterocycles. The molecule has 6 heteroatoms. The van der Waals surface area contributed by atoms with Crippen LogP contribution in [-0.2, 0) is 17.8 Å². The molecule has 150 valence electrons. The Morgan fingerprint density at radius 2 is 1.83 bits per heavy atom. The van der Waals surface area contributed by atoms with Crippen LogP contribution in [0.25, 0.3) is 0 Å². The zero-order valence-electron chi connectivity index (χ0n) is 16.0. The first-order valence-electron chi connectivity index (χ1n) is 10.1. The first-order valence-corrected chi connectivity index (χ1v) is 10.4. The Morgan fingerprint density at radius 1 is 1.10 bits per heavy atom. The van der Waals surface area contributed by atoms with Gasteiger partial charge in [-0.2, -0.15) is 0 Å². The molecule has 3 fully saturated rings. The van der Waals surface area contributed by atoms with E-state index in [0.29, 0.717) is 13.0 Å². The van der Waals surface area contributed by atoms with Crippen molar-refractivity contribution in [2.75, 3.05) is 0 Å². The van der Waals surface area contributed by atoms with Gasteiger partial charge in [0.2, 0.25) is 5.91 Å². The number of rotatable bonds is 4. The Hall–Kier alpha value is -2.40. The molecule has 4 nitrogen and oxygen atoms in total. The normalized spacial score (nSPS) is 26.8. The summed E-state index contributed by atoms with van der Waals surface area (Å²) < 4.78 is 13.9. The van der Waals surface area contributed by atoms with E-state index in [1.54, 1.807) is 4.90 Å². The number of hydrogen-bond acceptors (Lipinski definition) is 2. The summed E-state index contributed by atoms with van der Waals surface area (Å²) in [6.45, 7) is 0.382. The van der Waals surface area contributed by atoms with E-state index in [2.05, 4.69) is 5.32 Å². The summed E-state index contributed by atoms with van der Waals surface area (Å²) in [7, 11) is 0. The highest BCUT2D eigenvalue weighted by molar-refractivity contribution is 6.34. The first kappa shape index (κ1) is 18.6. The van der Waals surface area contributed by atoms with Gasteiger partial charge in [-0.15, -0.1) is 0 Å². The van der Waals surface area contributed by atoms with Gasteiger partial charge in [0.25, 0.3) is 5.91 Å². The van der Waals surface area contributed by atoms with Gasteiger partial charge < -0.3 is 10.2 Å². The molecule has 0 aromatic heterocycles. The summed E-state index contributed by atoms with van der Waals surface area (Å²) in [5, 5.41) is 3.01. The summed E-state index contributed by atoms with van der Waals surface area (Å²) in [4.78, 5) is 27.7. The minimum Gasteiger partial charge on any atom is -0.351 e. The van der Waals surface area contributed by atoms with Crippen molar-refractivity contribution in [2.45, 2.75) is 50.2 Å². The monoisotopic (exact) mass is 412 g/mol. The maximum absolute atomic E-state index is 13.9. The summed E-state index contributed by atoms with van der Waals surface area (Å²) >= 11 is 6.08. The minimum absolute atomic E-state index is 0.00896. The van der Waals surface area contributed by atoms with E-state index in [4.69, 9.17) is 11.6 Å². The average Bonchev–Trinajstić information content (AvgIpc) is 2.65. The molecule has 0 radical (unpaired) electrons. The lowest BCUT2D eigenvalue weighted by Gasteiger charge is -2.62. The van der Waals surface area contributed by atoms with Crippen molar-refractivity contribution in [2.24, 2.45) is 5.92 Å². The highest BCUT2D eigenvalue weighted by Gasteiger charge is 2.57. The van der Waals surface area contributed by atoms with Gasteiger partial charge >= 0.3 is 0 Å². The molecule has 3 aliphatic carbocycles. The second kappa shape index (κ2) is 6.84. The molecular weight excluding hydrogens is 391 g/mol. The lowest BCUT2D eigenvalue weighted by atomic mass is 9.50. The molecule has 3 saturated carbocycles. The third-order valence-corrected chi connectivity index (χ3v) is 7.05. The molecule has 6 rings (SSSR count). The van der Waals surface area contributed by atoms with Gasteiger partial charge in [0.15, 0.2) is 0 Å². The Balaban J connectivity index is 1.41. The number of benzene rings is 2. The average molecular weight is 413 g/mol. The van der Waals surface area contributed by atoms with E-state index in [1.807, 2.05) is 24.3 Å². The second-order valence-corrected chi connectivity index (χ2v) is 9.05. The zero-order valence-corrected chi connectivity index (χ0v) is 16.7. The molecule has 2 aromatic carbocycles. The molecule has 29 heavy (non-hydrogen) atoms. The molecular formula is C23H22ClFN2O2. The molecule has 1 atom stereocenters. The van der Waals surface area contributed by atoms with Crippen LogP contribution in [0, 0.1) is 11.7 Å². The van der Waals surface area contributed by atoms with Crippen LogP contribution in [0.5, 0.6) is 0 Å². The predicted molar refractivity (Wildman–Crippen MR) is 108 cm³/mol. The Labute approximate surface area is 174 Å². The molecule has 2 aromatic rings. The zero-order chi connectivity index (χ0) is 20.2. The molecule has 0 spiro atoms. The molecule has 0 unspecified atom stereocenters. The van der Waals surface area contributed by atoms with Gasteiger partial charge in [-0.25, -0.2) is 4.39 Å². The Kier molecular flexibility index (Phi) is 4.39. The number of carbonyl (C=O) groups excluding carboxylic acids is 2. The molecule has 2 bridgehead atoms. The lowest BCUT2D eigenvalue weighted by Crippen LogP contribution is -2.68. The van der Waals surface area contributed by atoms with E-state index < -0.39 is 5.82 Å². The van der Waals surface area contributed by atoms with Crippen LogP contribution >= 0.6 is 11.6 Å². The number of halogens is 2. The fraction of sp³-hybridized carbons (Fsp3) is 0.391. The topological polar surface area (TPSA) is 49.4 Å². The third-order valence-electron chi connectivity index (χ3n) is 6.66. The van der Waals surface area contributed by atoms with Gasteiger partial charge in [-0.05, 0) is 54.9 Å². The maximum Gasteiger partial charge on any atom is 0.256 e. The predicted octanol–water partition coefficient (Wildman–Crippen LogP) is 4.11. The fourth-order valence-electron chi connectivity index (χ4n) is 5.02. The van der Waals surface area contributed by atoms with Crippen LogP contribution in [0.15, 0.2) is 42.5 Å². The highest BCUT2D eigenvalue weighted by atomic mass is 35.5. The molecule has 1 heterocycles. The SMILES string of the molecule is O=C(C[C@H]1Cc2ccccc2CN1C(=O)c1cccc(F)c1Cl)NC12CC(C1)C2. The van der Waals surface area contributed by atoms with Crippen molar-refractivity contribution in [3.8, 4) is 0 Å². The number of fused-ring (bicyclic) bond motifs is 1. The van der Waals surface area contributed by atoms with Gasteiger partial charge in [-0.3, -0.25) is 9.59 Å². The summed E-state index contributed by atoms with van der Waals surface area (Å²) in [5.41, 5.74) is 2.33. The van der Waals surface area contributed by atoms with Crippen LogP contribution in [0.4, 0.5) is 4.39 Å². The summed E-state index contributed by atoms with van der Waals surface area (Å²) in [5.74, 6) is -0.194. The van der Waals surface area contributed by atoms with Crippen LogP contribution < -0.4 is 5.32 Å². The fourth-order valence-corrected chi connectivity index (χ4v) is 5.23. The number of nitrogens with one attached hydrogen (secondary N) is 1. The number of hydrogen-bond donors (Lipinski definition) is 1. The molecule has 4 aliphatic rings. The van der Waals surface area contributed by atoms with Crippen molar-refractivity contribution in [1.82, 2.24) is 10.2 Å². The lowest BCUT2D eigenvalue weighted by molar-refractivity contribution is -0.133. The molecule has 1 N–H and O–H groups in total. The third kappa shape index (κ3) is 3.21. The highest BCUT2D eigenvalue weighted by Crippen LogP contribution is 2.56. The van der Waals surface area contributed by atoms with E-state index in [0.717, 1.165) is 36.3 Å².